The van der Waals surface area contributed by atoms with Crippen LogP contribution in [-0.4, -0.2) is 61.6 Å². The largest absolute Gasteiger partial charge is 0.485 e. The van der Waals surface area contributed by atoms with Crippen molar-refractivity contribution in [1.29, 1.82) is 0 Å². The van der Waals surface area contributed by atoms with Crippen molar-refractivity contribution in [2.24, 2.45) is 0 Å². The third-order valence-electron chi connectivity index (χ3n) is 4.22. The molecule has 26 heavy (non-hydrogen) atoms. The van der Waals surface area contributed by atoms with Crippen molar-refractivity contribution in [1.82, 2.24) is 10.2 Å². The number of nitrogens with zero attached hydrogens (tertiary/aromatic N) is 1. The highest BCUT2D eigenvalue weighted by Gasteiger charge is 2.29. The van der Waals surface area contributed by atoms with Crippen LogP contribution in [0, 0.1) is 0 Å². The standard InChI is InChI=1S/C18H22N2O6/c21-16(19-8-4-10-20-9-3-7-17(20)22)12-25-18(23)15-11-24-13-5-1-2-6-14(13)26-15/h1-2,5-6,15H,3-4,7-12H2,(H,19,21). The van der Waals surface area contributed by atoms with Crippen molar-refractivity contribution in [3.8, 4) is 11.5 Å². The zero-order valence-electron chi connectivity index (χ0n) is 14.4. The summed E-state index contributed by atoms with van der Waals surface area (Å²) >= 11 is 0. The molecule has 2 heterocycles. The molecule has 1 saturated heterocycles. The van der Waals surface area contributed by atoms with Gasteiger partial charge >= 0.3 is 5.97 Å². The highest BCUT2D eigenvalue weighted by molar-refractivity contribution is 5.82. The molecule has 0 aliphatic carbocycles. The Morgan fingerprint density at radius 3 is 2.85 bits per heavy atom. The Morgan fingerprint density at radius 1 is 1.27 bits per heavy atom. The van der Waals surface area contributed by atoms with Crippen LogP contribution in [0.5, 0.6) is 11.5 Å². The molecular weight excluding hydrogens is 340 g/mol. The van der Waals surface area contributed by atoms with Gasteiger partial charge in [-0.15, -0.1) is 0 Å². The molecule has 0 spiro atoms. The van der Waals surface area contributed by atoms with Crippen LogP contribution in [-0.2, 0) is 19.1 Å². The molecule has 140 valence electrons. The highest BCUT2D eigenvalue weighted by atomic mass is 16.6. The van der Waals surface area contributed by atoms with E-state index in [9.17, 15) is 14.4 Å². The minimum Gasteiger partial charge on any atom is -0.485 e. The zero-order chi connectivity index (χ0) is 18.4. The van der Waals surface area contributed by atoms with E-state index in [0.717, 1.165) is 13.0 Å². The fraction of sp³-hybridized carbons (Fsp3) is 0.500. The van der Waals surface area contributed by atoms with Gasteiger partial charge in [0.25, 0.3) is 5.91 Å². The summed E-state index contributed by atoms with van der Waals surface area (Å²) in [6, 6.07) is 7.04. The van der Waals surface area contributed by atoms with Crippen LogP contribution in [0.25, 0.3) is 0 Å². The van der Waals surface area contributed by atoms with Crippen molar-refractivity contribution in [3.63, 3.8) is 0 Å². The van der Waals surface area contributed by atoms with Crippen LogP contribution in [0.15, 0.2) is 24.3 Å². The Labute approximate surface area is 151 Å². The van der Waals surface area contributed by atoms with E-state index in [1.54, 1.807) is 23.1 Å². The monoisotopic (exact) mass is 362 g/mol. The fourth-order valence-corrected chi connectivity index (χ4v) is 2.85. The maximum atomic E-state index is 12.0. The molecule has 1 unspecified atom stereocenters. The molecule has 0 saturated carbocycles. The van der Waals surface area contributed by atoms with Crippen molar-refractivity contribution in [2.45, 2.75) is 25.4 Å². The quantitative estimate of drug-likeness (QED) is 0.561. The molecule has 2 aliphatic heterocycles. The number of rotatable bonds is 7. The molecule has 1 atom stereocenters. The van der Waals surface area contributed by atoms with Crippen molar-refractivity contribution >= 4 is 17.8 Å². The van der Waals surface area contributed by atoms with E-state index in [4.69, 9.17) is 14.2 Å². The average molecular weight is 362 g/mol. The smallest absolute Gasteiger partial charge is 0.351 e. The van der Waals surface area contributed by atoms with Gasteiger partial charge in [-0.1, -0.05) is 12.1 Å². The van der Waals surface area contributed by atoms with Crippen LogP contribution in [0.3, 0.4) is 0 Å². The minimum absolute atomic E-state index is 0.0430. The van der Waals surface area contributed by atoms with Crippen LogP contribution in [0.2, 0.25) is 0 Å². The predicted octanol–water partition coefficient (Wildman–Crippen LogP) is 0.498. The second-order valence-corrected chi connectivity index (χ2v) is 6.16. The van der Waals surface area contributed by atoms with Crippen molar-refractivity contribution in [2.75, 3.05) is 32.8 Å². The van der Waals surface area contributed by atoms with Gasteiger partial charge in [0, 0.05) is 26.1 Å². The number of nitrogens with one attached hydrogen (secondary N) is 1. The van der Waals surface area contributed by atoms with E-state index in [1.165, 1.54) is 0 Å². The number of para-hydroxylation sites is 2. The molecule has 0 aromatic heterocycles. The molecule has 2 aliphatic rings. The fourth-order valence-electron chi connectivity index (χ4n) is 2.85. The second-order valence-electron chi connectivity index (χ2n) is 6.16. The van der Waals surface area contributed by atoms with Crippen LogP contribution in [0.1, 0.15) is 19.3 Å². The third-order valence-corrected chi connectivity index (χ3v) is 4.22. The molecule has 0 radical (unpaired) electrons. The van der Waals surface area contributed by atoms with E-state index < -0.39 is 12.1 Å². The Kier molecular flexibility index (Phi) is 5.93. The molecule has 2 amide bonds. The summed E-state index contributed by atoms with van der Waals surface area (Å²) in [4.78, 5) is 37.0. The first-order chi connectivity index (χ1) is 12.6. The number of hydrogen-bond donors (Lipinski definition) is 1. The number of carbonyl (C=O) groups is 3. The number of hydrogen-bond acceptors (Lipinski definition) is 6. The maximum Gasteiger partial charge on any atom is 0.351 e. The Hall–Kier alpha value is -2.77. The number of fused-ring (bicyclic) bond motifs is 1. The lowest BCUT2D eigenvalue weighted by Crippen LogP contribution is -2.40. The first-order valence-electron chi connectivity index (χ1n) is 8.73. The second kappa shape index (κ2) is 8.55. The van der Waals surface area contributed by atoms with E-state index in [-0.39, 0.29) is 25.0 Å². The SMILES string of the molecule is O=C(COC(=O)C1COc2ccccc2O1)NCCCN1CCCC1=O. The number of amides is 2. The number of ether oxygens (including phenoxy) is 3. The Morgan fingerprint density at radius 2 is 2.08 bits per heavy atom. The number of benzene rings is 1. The molecule has 8 heteroatoms. The maximum absolute atomic E-state index is 12.0. The first kappa shape index (κ1) is 18.0. The van der Waals surface area contributed by atoms with Gasteiger partial charge in [0.15, 0.2) is 18.1 Å². The minimum atomic E-state index is -0.890. The summed E-state index contributed by atoms with van der Waals surface area (Å²) in [6.45, 7) is 1.52. The first-order valence-corrected chi connectivity index (χ1v) is 8.73. The van der Waals surface area contributed by atoms with Crippen LogP contribution < -0.4 is 14.8 Å². The molecule has 1 aromatic carbocycles. The van der Waals surface area contributed by atoms with E-state index >= 15 is 0 Å². The van der Waals surface area contributed by atoms with Crippen LogP contribution >= 0.6 is 0 Å². The lowest BCUT2D eigenvalue weighted by Gasteiger charge is -2.24. The summed E-state index contributed by atoms with van der Waals surface area (Å²) in [6.07, 6.45) is 1.29. The summed E-state index contributed by atoms with van der Waals surface area (Å²) in [5.74, 6) is 0.189. The summed E-state index contributed by atoms with van der Waals surface area (Å²) in [5, 5.41) is 2.67. The zero-order valence-corrected chi connectivity index (χ0v) is 14.4. The summed E-state index contributed by atoms with van der Waals surface area (Å²) < 4.78 is 16.0. The number of esters is 1. The third kappa shape index (κ3) is 4.65. The van der Waals surface area contributed by atoms with Gasteiger partial charge < -0.3 is 24.4 Å². The van der Waals surface area contributed by atoms with E-state index in [1.807, 2.05) is 6.07 Å². The molecule has 1 aromatic rings. The highest BCUT2D eigenvalue weighted by Crippen LogP contribution is 2.31. The van der Waals surface area contributed by atoms with Crippen LogP contribution in [0.4, 0.5) is 0 Å². The molecule has 1 N–H and O–H groups in total. The van der Waals surface area contributed by atoms with Crippen molar-refractivity contribution in [3.05, 3.63) is 24.3 Å². The molecule has 0 bridgehead atoms. The topological polar surface area (TPSA) is 94.2 Å². The molecule has 3 rings (SSSR count). The average Bonchev–Trinajstić information content (AvgIpc) is 3.07. The van der Waals surface area contributed by atoms with Gasteiger partial charge in [0.1, 0.15) is 6.61 Å². The Balaban J connectivity index is 1.32. The number of carbonyl (C=O) groups excluding carboxylic acids is 3. The molecular formula is C18H22N2O6. The van der Waals surface area contributed by atoms with E-state index in [2.05, 4.69) is 5.32 Å². The van der Waals surface area contributed by atoms with Gasteiger partial charge in [0.05, 0.1) is 0 Å². The van der Waals surface area contributed by atoms with Gasteiger partial charge in [-0.05, 0) is 25.0 Å². The van der Waals surface area contributed by atoms with Gasteiger partial charge in [-0.25, -0.2) is 4.79 Å². The van der Waals surface area contributed by atoms with Gasteiger partial charge in [-0.3, -0.25) is 9.59 Å². The van der Waals surface area contributed by atoms with Crippen molar-refractivity contribution < 1.29 is 28.6 Å². The van der Waals surface area contributed by atoms with Gasteiger partial charge in [-0.2, -0.15) is 0 Å². The van der Waals surface area contributed by atoms with Gasteiger partial charge in [0.2, 0.25) is 12.0 Å². The number of likely N-dealkylation sites (tertiary alicyclic amines) is 1. The summed E-state index contributed by atoms with van der Waals surface area (Å²) in [5.41, 5.74) is 0. The normalized spacial score (nSPS) is 18.5. The lowest BCUT2D eigenvalue weighted by molar-refractivity contribution is -0.157. The lowest BCUT2D eigenvalue weighted by atomic mass is 10.2. The van der Waals surface area contributed by atoms with E-state index in [0.29, 0.717) is 37.4 Å². The summed E-state index contributed by atoms with van der Waals surface area (Å²) in [7, 11) is 0. The molecule has 1 fully saturated rings. The Bertz CT molecular complexity index is 677. The molecule has 8 nitrogen and oxygen atoms in total. The predicted molar refractivity (Wildman–Crippen MR) is 90.8 cm³/mol.